The Hall–Kier alpha value is -2.04. The first kappa shape index (κ1) is 14.9. The van der Waals surface area contributed by atoms with E-state index in [1.807, 2.05) is 36.1 Å². The van der Waals surface area contributed by atoms with Gasteiger partial charge in [0.05, 0.1) is 19.6 Å². The molecule has 1 saturated carbocycles. The van der Waals surface area contributed by atoms with Crippen molar-refractivity contribution >= 4 is 11.9 Å². The smallest absolute Gasteiger partial charge is 0.311 e. The van der Waals surface area contributed by atoms with E-state index in [1.54, 1.807) is 7.11 Å². The van der Waals surface area contributed by atoms with Gasteiger partial charge in [0, 0.05) is 19.0 Å². The van der Waals surface area contributed by atoms with Crippen LogP contribution in [-0.2, 0) is 20.9 Å². The standard InChI is InChI=1S/C17H21NO4/c1-3-22-17(20)15-13-8-9-14(19)18(16(13)15)10-11-4-6-12(21-2)7-5-11/h4-7,13,15-16H,3,8-10H2,1-2H3/t13-,15+,16-/m0/s1. The maximum absolute atomic E-state index is 12.2. The van der Waals surface area contributed by atoms with Crippen LogP contribution in [0.25, 0.3) is 0 Å². The van der Waals surface area contributed by atoms with Gasteiger partial charge in [-0.25, -0.2) is 0 Å². The van der Waals surface area contributed by atoms with Gasteiger partial charge in [-0.15, -0.1) is 0 Å². The van der Waals surface area contributed by atoms with Crippen LogP contribution in [0.5, 0.6) is 5.75 Å². The number of rotatable bonds is 5. The summed E-state index contributed by atoms with van der Waals surface area (Å²) in [7, 11) is 1.63. The van der Waals surface area contributed by atoms with E-state index in [0.29, 0.717) is 19.6 Å². The van der Waals surface area contributed by atoms with Gasteiger partial charge in [-0.2, -0.15) is 0 Å². The maximum Gasteiger partial charge on any atom is 0.311 e. The lowest BCUT2D eigenvalue weighted by Crippen LogP contribution is -2.37. The summed E-state index contributed by atoms with van der Waals surface area (Å²) in [6, 6.07) is 7.70. The van der Waals surface area contributed by atoms with Crippen LogP contribution in [0, 0.1) is 11.8 Å². The largest absolute Gasteiger partial charge is 0.497 e. The third-order valence-corrected chi connectivity index (χ3v) is 4.57. The molecule has 0 unspecified atom stereocenters. The normalized spacial score (nSPS) is 26.4. The van der Waals surface area contributed by atoms with E-state index in [4.69, 9.17) is 9.47 Å². The van der Waals surface area contributed by atoms with Crippen LogP contribution in [0.1, 0.15) is 25.3 Å². The second kappa shape index (κ2) is 5.99. The van der Waals surface area contributed by atoms with Gasteiger partial charge in [0.25, 0.3) is 0 Å². The fourth-order valence-corrected chi connectivity index (χ4v) is 3.41. The number of piperidine rings is 1. The molecule has 0 N–H and O–H groups in total. The molecule has 1 aliphatic carbocycles. The molecule has 1 aromatic rings. The van der Waals surface area contributed by atoms with Crippen molar-refractivity contribution in [1.82, 2.24) is 4.90 Å². The van der Waals surface area contributed by atoms with Crippen molar-refractivity contribution in [2.75, 3.05) is 13.7 Å². The summed E-state index contributed by atoms with van der Waals surface area (Å²) in [5.41, 5.74) is 1.05. The SMILES string of the molecule is CCOC(=O)[C@@H]1[C@@H]2CCC(=O)N(Cc3ccc(OC)cc3)[C@@H]21. The monoisotopic (exact) mass is 303 g/mol. The van der Waals surface area contributed by atoms with Crippen LogP contribution in [0.15, 0.2) is 24.3 Å². The first-order valence-electron chi connectivity index (χ1n) is 7.74. The van der Waals surface area contributed by atoms with E-state index in [2.05, 4.69) is 0 Å². The van der Waals surface area contributed by atoms with E-state index < -0.39 is 0 Å². The molecule has 1 aromatic carbocycles. The van der Waals surface area contributed by atoms with Crippen molar-refractivity contribution in [2.45, 2.75) is 32.4 Å². The summed E-state index contributed by atoms with van der Waals surface area (Å²) in [6.07, 6.45) is 1.32. The second-order valence-electron chi connectivity index (χ2n) is 5.84. The van der Waals surface area contributed by atoms with Crippen LogP contribution in [0.2, 0.25) is 0 Å². The highest BCUT2D eigenvalue weighted by Gasteiger charge is 2.61. The van der Waals surface area contributed by atoms with Gasteiger partial charge in [-0.3, -0.25) is 9.59 Å². The van der Waals surface area contributed by atoms with Crippen molar-refractivity contribution < 1.29 is 19.1 Å². The molecule has 1 saturated heterocycles. The number of hydrogen-bond acceptors (Lipinski definition) is 4. The average Bonchev–Trinajstić information content (AvgIpc) is 3.26. The van der Waals surface area contributed by atoms with Crippen LogP contribution in [-0.4, -0.2) is 36.5 Å². The molecule has 3 atom stereocenters. The zero-order valence-electron chi connectivity index (χ0n) is 13.0. The number of hydrogen-bond donors (Lipinski definition) is 0. The van der Waals surface area contributed by atoms with E-state index in [0.717, 1.165) is 17.7 Å². The molecule has 2 fully saturated rings. The molecule has 118 valence electrons. The van der Waals surface area contributed by atoms with Gasteiger partial charge in [0.15, 0.2) is 0 Å². The van der Waals surface area contributed by atoms with E-state index >= 15 is 0 Å². The van der Waals surface area contributed by atoms with Gasteiger partial charge in [0.2, 0.25) is 5.91 Å². The number of esters is 1. The predicted molar refractivity (Wildman–Crippen MR) is 80.2 cm³/mol. The number of carbonyl (C=O) groups is 2. The van der Waals surface area contributed by atoms with E-state index in [-0.39, 0.29) is 29.8 Å². The predicted octanol–water partition coefficient (Wildman–Crippen LogP) is 2.00. The summed E-state index contributed by atoms with van der Waals surface area (Å²) in [4.78, 5) is 26.1. The summed E-state index contributed by atoms with van der Waals surface area (Å²) >= 11 is 0. The Morgan fingerprint density at radius 3 is 2.68 bits per heavy atom. The molecule has 22 heavy (non-hydrogen) atoms. The summed E-state index contributed by atoms with van der Waals surface area (Å²) in [6.45, 7) is 2.74. The number of fused-ring (bicyclic) bond motifs is 1. The Morgan fingerprint density at radius 1 is 1.32 bits per heavy atom. The molecule has 0 bridgehead atoms. The highest BCUT2D eigenvalue weighted by atomic mass is 16.5. The Balaban J connectivity index is 1.71. The van der Waals surface area contributed by atoms with Crippen LogP contribution in [0.3, 0.4) is 0 Å². The first-order valence-corrected chi connectivity index (χ1v) is 7.74. The van der Waals surface area contributed by atoms with Gasteiger partial charge in [-0.1, -0.05) is 12.1 Å². The van der Waals surface area contributed by atoms with Crippen LogP contribution >= 0.6 is 0 Å². The number of ether oxygens (including phenoxy) is 2. The molecule has 0 radical (unpaired) electrons. The van der Waals surface area contributed by atoms with Gasteiger partial charge in [0.1, 0.15) is 5.75 Å². The average molecular weight is 303 g/mol. The van der Waals surface area contributed by atoms with Crippen molar-refractivity contribution in [1.29, 1.82) is 0 Å². The van der Waals surface area contributed by atoms with Crippen molar-refractivity contribution in [3.05, 3.63) is 29.8 Å². The fourth-order valence-electron chi connectivity index (χ4n) is 3.41. The number of benzene rings is 1. The van der Waals surface area contributed by atoms with Gasteiger partial charge in [-0.05, 0) is 37.0 Å². The lowest BCUT2D eigenvalue weighted by atomic mass is 10.1. The van der Waals surface area contributed by atoms with Gasteiger partial charge < -0.3 is 14.4 Å². The molecule has 5 heteroatoms. The summed E-state index contributed by atoms with van der Waals surface area (Å²) in [5, 5.41) is 0. The van der Waals surface area contributed by atoms with Crippen LogP contribution in [0.4, 0.5) is 0 Å². The van der Waals surface area contributed by atoms with Crippen molar-refractivity contribution in [2.24, 2.45) is 11.8 Å². The topological polar surface area (TPSA) is 55.8 Å². The lowest BCUT2D eigenvalue weighted by Gasteiger charge is -2.26. The highest BCUT2D eigenvalue weighted by Crippen LogP contribution is 2.50. The number of carbonyl (C=O) groups excluding carboxylic acids is 2. The van der Waals surface area contributed by atoms with Crippen molar-refractivity contribution in [3.8, 4) is 5.75 Å². The second-order valence-corrected chi connectivity index (χ2v) is 5.84. The molecule has 3 rings (SSSR count). The molecular weight excluding hydrogens is 282 g/mol. The fraction of sp³-hybridized carbons (Fsp3) is 0.529. The maximum atomic E-state index is 12.2. The molecule has 0 aromatic heterocycles. The first-order chi connectivity index (χ1) is 10.7. The molecule has 1 aliphatic heterocycles. The number of methoxy groups -OCH3 is 1. The number of nitrogens with zero attached hydrogens (tertiary/aromatic N) is 1. The Bertz CT molecular complexity index is 569. The zero-order valence-corrected chi connectivity index (χ0v) is 13.0. The molecule has 0 spiro atoms. The summed E-state index contributed by atoms with van der Waals surface area (Å²) in [5.74, 6) is 0.901. The lowest BCUT2D eigenvalue weighted by molar-refractivity contribution is -0.145. The highest BCUT2D eigenvalue weighted by molar-refractivity contribution is 5.84. The minimum absolute atomic E-state index is 0.0161. The quantitative estimate of drug-likeness (QED) is 0.781. The molecule has 2 aliphatic rings. The molecule has 1 amide bonds. The van der Waals surface area contributed by atoms with E-state index in [9.17, 15) is 9.59 Å². The molecule has 5 nitrogen and oxygen atoms in total. The zero-order chi connectivity index (χ0) is 15.7. The number of likely N-dealkylation sites (tertiary alicyclic amines) is 1. The third-order valence-electron chi connectivity index (χ3n) is 4.57. The van der Waals surface area contributed by atoms with Gasteiger partial charge >= 0.3 is 5.97 Å². The Kier molecular flexibility index (Phi) is 4.05. The molecular formula is C17H21NO4. The van der Waals surface area contributed by atoms with Crippen LogP contribution < -0.4 is 4.74 Å². The minimum atomic E-state index is -0.160. The Labute approximate surface area is 130 Å². The summed E-state index contributed by atoms with van der Waals surface area (Å²) < 4.78 is 10.3. The number of amides is 1. The van der Waals surface area contributed by atoms with Crippen molar-refractivity contribution in [3.63, 3.8) is 0 Å². The molecule has 1 heterocycles. The minimum Gasteiger partial charge on any atom is -0.497 e. The van der Waals surface area contributed by atoms with E-state index in [1.165, 1.54) is 0 Å². The third kappa shape index (κ3) is 2.67. The Morgan fingerprint density at radius 2 is 2.05 bits per heavy atom.